The molecule has 0 aliphatic heterocycles. The highest BCUT2D eigenvalue weighted by Gasteiger charge is 2.08. The Hall–Kier alpha value is -4.55. The van der Waals surface area contributed by atoms with E-state index >= 15 is 0 Å². The van der Waals surface area contributed by atoms with Crippen molar-refractivity contribution in [3.8, 4) is 17.2 Å². The summed E-state index contributed by atoms with van der Waals surface area (Å²) in [6, 6.07) is 38.4. The second-order valence-electron chi connectivity index (χ2n) is 8.73. The van der Waals surface area contributed by atoms with Crippen molar-refractivity contribution in [2.24, 2.45) is 0 Å². The Morgan fingerprint density at radius 1 is 0.559 bits per heavy atom. The molecule has 3 nitrogen and oxygen atoms in total. The van der Waals surface area contributed by atoms with Crippen LogP contribution < -0.4 is 0 Å². The zero-order valence-electron chi connectivity index (χ0n) is 18.7. The molecule has 6 aromatic rings. The van der Waals surface area contributed by atoms with Gasteiger partial charge >= 0.3 is 0 Å². The molecule has 0 bridgehead atoms. The van der Waals surface area contributed by atoms with E-state index in [0.717, 1.165) is 13.1 Å². The van der Waals surface area contributed by atoms with E-state index in [-0.39, 0.29) is 0 Å². The Morgan fingerprint density at radius 2 is 1.09 bits per heavy atom. The lowest BCUT2D eigenvalue weighted by molar-refractivity contribution is 0.836. The number of benzene rings is 4. The molecule has 4 aromatic carbocycles. The van der Waals surface area contributed by atoms with Crippen LogP contribution in [0.4, 0.5) is 0 Å². The van der Waals surface area contributed by atoms with Crippen LogP contribution in [0, 0.1) is 11.3 Å². The van der Waals surface area contributed by atoms with Gasteiger partial charge in [-0.15, -0.1) is 0 Å². The van der Waals surface area contributed by atoms with Gasteiger partial charge in [0.05, 0.1) is 11.6 Å². The summed E-state index contributed by atoms with van der Waals surface area (Å²) in [5.74, 6) is 0. The highest BCUT2D eigenvalue weighted by Crippen LogP contribution is 2.29. The van der Waals surface area contributed by atoms with E-state index in [1.165, 1.54) is 44.1 Å². The Kier molecular flexibility index (Phi) is 4.98. The Morgan fingerprint density at radius 3 is 1.62 bits per heavy atom. The minimum absolute atomic E-state index is 0.691. The van der Waals surface area contributed by atoms with Crippen LogP contribution in [0.3, 0.4) is 0 Å². The second-order valence-corrected chi connectivity index (χ2v) is 8.73. The fourth-order valence-corrected chi connectivity index (χ4v) is 4.66. The molecule has 162 valence electrons. The van der Waals surface area contributed by atoms with Crippen LogP contribution in [0.2, 0.25) is 0 Å². The van der Waals surface area contributed by atoms with E-state index in [0.29, 0.717) is 5.56 Å². The van der Waals surface area contributed by atoms with Gasteiger partial charge in [0.1, 0.15) is 0 Å². The summed E-state index contributed by atoms with van der Waals surface area (Å²) in [5, 5.41) is 11.5. The lowest BCUT2D eigenvalue weighted by Crippen LogP contribution is -1.98. The van der Waals surface area contributed by atoms with Crippen molar-refractivity contribution >= 4 is 21.8 Å². The van der Waals surface area contributed by atoms with Crippen molar-refractivity contribution in [3.63, 3.8) is 0 Å². The number of rotatable bonds is 5. The summed E-state index contributed by atoms with van der Waals surface area (Å²) in [6.07, 6.45) is 4.31. The minimum atomic E-state index is 0.691. The maximum atomic E-state index is 9.05. The maximum absolute atomic E-state index is 9.05. The molecule has 6 rings (SSSR count). The third-order valence-corrected chi connectivity index (χ3v) is 6.51. The van der Waals surface area contributed by atoms with Gasteiger partial charge in [0.15, 0.2) is 0 Å². The number of nitriles is 1. The van der Waals surface area contributed by atoms with Crippen molar-refractivity contribution in [1.29, 1.82) is 5.26 Å². The van der Waals surface area contributed by atoms with E-state index in [9.17, 15) is 0 Å². The summed E-state index contributed by atoms with van der Waals surface area (Å²) in [4.78, 5) is 0. The van der Waals surface area contributed by atoms with Gasteiger partial charge in [0, 0.05) is 36.5 Å². The zero-order chi connectivity index (χ0) is 22.9. The molecule has 0 saturated heterocycles. The summed E-state index contributed by atoms with van der Waals surface area (Å²) in [5.41, 5.74) is 8.05. The van der Waals surface area contributed by atoms with Gasteiger partial charge in [0.25, 0.3) is 0 Å². The molecule has 0 amide bonds. The van der Waals surface area contributed by atoms with Gasteiger partial charge in [-0.25, -0.2) is 0 Å². The zero-order valence-corrected chi connectivity index (χ0v) is 18.7. The smallest absolute Gasteiger partial charge is 0.0991 e. The van der Waals surface area contributed by atoms with E-state index in [4.69, 9.17) is 5.26 Å². The van der Waals surface area contributed by atoms with Crippen molar-refractivity contribution in [3.05, 3.63) is 132 Å². The number of hydrogen-bond acceptors (Lipinski definition) is 1. The molecular weight excluding hydrogens is 414 g/mol. The molecule has 0 fully saturated rings. The molecule has 0 atom stereocenters. The monoisotopic (exact) mass is 437 g/mol. The van der Waals surface area contributed by atoms with Crippen LogP contribution in [-0.2, 0) is 13.1 Å². The number of aromatic nitrogens is 2. The predicted molar refractivity (Wildman–Crippen MR) is 139 cm³/mol. The topological polar surface area (TPSA) is 33.6 Å². The van der Waals surface area contributed by atoms with Crippen LogP contribution in [0.5, 0.6) is 0 Å². The molecule has 0 unspecified atom stereocenters. The van der Waals surface area contributed by atoms with Crippen molar-refractivity contribution < 1.29 is 0 Å². The van der Waals surface area contributed by atoms with Gasteiger partial charge < -0.3 is 9.13 Å². The lowest BCUT2D eigenvalue weighted by atomic mass is 10.0. The Bertz CT molecular complexity index is 1640. The van der Waals surface area contributed by atoms with Gasteiger partial charge in [0.2, 0.25) is 0 Å². The van der Waals surface area contributed by atoms with Crippen LogP contribution in [0.15, 0.2) is 116 Å². The summed E-state index contributed by atoms with van der Waals surface area (Å²) in [6.45, 7) is 1.64. The van der Waals surface area contributed by atoms with Gasteiger partial charge in [-0.2, -0.15) is 5.26 Å². The van der Waals surface area contributed by atoms with E-state index in [2.05, 4.69) is 106 Å². The third kappa shape index (κ3) is 3.76. The first-order chi connectivity index (χ1) is 16.8. The van der Waals surface area contributed by atoms with Crippen molar-refractivity contribution in [2.75, 3.05) is 0 Å². The maximum Gasteiger partial charge on any atom is 0.0991 e. The number of hydrogen-bond donors (Lipinski definition) is 0. The molecule has 0 radical (unpaired) electrons. The fraction of sp³-hybridized carbons (Fsp3) is 0.0645. The summed E-state index contributed by atoms with van der Waals surface area (Å²) >= 11 is 0. The van der Waals surface area contributed by atoms with Crippen LogP contribution >= 0.6 is 0 Å². The minimum Gasteiger partial charge on any atom is -0.343 e. The first-order valence-corrected chi connectivity index (χ1v) is 11.5. The van der Waals surface area contributed by atoms with Crippen LogP contribution in [0.25, 0.3) is 32.9 Å². The molecule has 0 saturated carbocycles. The standard InChI is InChI=1S/C31H23N3/c32-20-23-6-8-25(9-7-23)22-34-17-15-27-11-13-29(19-31(27)34)28-12-10-26-14-16-33(30(26)18-28)21-24-4-2-1-3-5-24/h1-19H,21-22H2. The van der Waals surface area contributed by atoms with Gasteiger partial charge in [-0.3, -0.25) is 0 Å². The normalized spacial score (nSPS) is 11.1. The average Bonchev–Trinajstić information content (AvgIpc) is 3.48. The first kappa shape index (κ1) is 20.1. The van der Waals surface area contributed by atoms with Crippen molar-refractivity contribution in [1.82, 2.24) is 9.13 Å². The molecule has 2 aromatic heterocycles. The average molecular weight is 438 g/mol. The Labute approximate surface area is 198 Å². The molecule has 0 N–H and O–H groups in total. The Balaban J connectivity index is 1.35. The SMILES string of the molecule is N#Cc1ccc(Cn2ccc3ccc(-c4ccc5ccn(Cc6ccccc6)c5c4)cc32)cc1. The predicted octanol–water partition coefficient (Wildman–Crippen LogP) is 7.23. The van der Waals surface area contributed by atoms with E-state index < -0.39 is 0 Å². The molecule has 34 heavy (non-hydrogen) atoms. The van der Waals surface area contributed by atoms with Crippen molar-refractivity contribution in [2.45, 2.75) is 13.1 Å². The second kappa shape index (κ2) is 8.42. The number of nitrogens with zero attached hydrogens (tertiary/aromatic N) is 3. The van der Waals surface area contributed by atoms with Crippen LogP contribution in [0.1, 0.15) is 16.7 Å². The molecule has 3 heteroatoms. The third-order valence-electron chi connectivity index (χ3n) is 6.51. The van der Waals surface area contributed by atoms with Gasteiger partial charge in [-0.1, -0.05) is 66.7 Å². The van der Waals surface area contributed by atoms with Crippen LogP contribution in [-0.4, -0.2) is 9.13 Å². The quantitative estimate of drug-likeness (QED) is 0.280. The lowest BCUT2D eigenvalue weighted by Gasteiger charge is -2.10. The molecule has 0 spiro atoms. The van der Waals surface area contributed by atoms with E-state index in [1.54, 1.807) is 0 Å². The highest BCUT2D eigenvalue weighted by molar-refractivity contribution is 5.89. The molecule has 0 aliphatic rings. The molecular formula is C31H23N3. The molecule has 0 aliphatic carbocycles. The largest absolute Gasteiger partial charge is 0.343 e. The summed E-state index contributed by atoms with van der Waals surface area (Å²) in [7, 11) is 0. The first-order valence-electron chi connectivity index (χ1n) is 11.5. The fourth-order valence-electron chi connectivity index (χ4n) is 4.66. The molecule has 2 heterocycles. The number of fused-ring (bicyclic) bond motifs is 2. The van der Waals surface area contributed by atoms with Gasteiger partial charge in [-0.05, 0) is 69.4 Å². The summed E-state index contributed by atoms with van der Waals surface area (Å²) < 4.78 is 4.59. The highest BCUT2D eigenvalue weighted by atomic mass is 15.0. The van der Waals surface area contributed by atoms with E-state index in [1.807, 2.05) is 24.3 Å².